The lowest BCUT2D eigenvalue weighted by atomic mass is 9.98. The van der Waals surface area contributed by atoms with Crippen LogP contribution in [0.2, 0.25) is 0 Å². The molecule has 1 aliphatic rings. The molecule has 2 unspecified atom stereocenters. The quantitative estimate of drug-likeness (QED) is 0.822. The molecule has 1 N–H and O–H groups in total. The van der Waals surface area contributed by atoms with Crippen LogP contribution in [0.4, 0.5) is 0 Å². The Kier molecular flexibility index (Phi) is 3.69. The number of nitrogens with one attached hydrogen (secondary N) is 1. The number of rotatable bonds is 3. The van der Waals surface area contributed by atoms with Gasteiger partial charge in [-0.15, -0.1) is 0 Å². The normalized spacial score (nSPS) is 20.6. The average molecular weight is 255 g/mol. The van der Waals surface area contributed by atoms with E-state index in [0.29, 0.717) is 6.04 Å². The van der Waals surface area contributed by atoms with E-state index in [9.17, 15) is 0 Å². The molecule has 0 aliphatic heterocycles. The van der Waals surface area contributed by atoms with Crippen molar-refractivity contribution in [2.45, 2.75) is 44.7 Å². The maximum atomic E-state index is 5.49. The zero-order chi connectivity index (χ0) is 13.1. The molecule has 19 heavy (non-hydrogen) atoms. The Morgan fingerprint density at radius 1 is 1.16 bits per heavy atom. The summed E-state index contributed by atoms with van der Waals surface area (Å²) in [6.07, 6.45) is 6.75. The van der Waals surface area contributed by atoms with Crippen LogP contribution < -0.4 is 5.32 Å². The Balaban J connectivity index is 1.80. The largest absolute Gasteiger partial charge is 0.468 e. The number of hydrogen-bond donors (Lipinski definition) is 1. The van der Waals surface area contributed by atoms with Crippen LogP contribution in [0.1, 0.15) is 55.2 Å². The lowest BCUT2D eigenvalue weighted by Crippen LogP contribution is -2.24. The lowest BCUT2D eigenvalue weighted by molar-refractivity contribution is 0.379. The maximum absolute atomic E-state index is 5.49. The molecule has 2 atom stereocenters. The zero-order valence-corrected chi connectivity index (χ0v) is 11.4. The second-order valence-electron chi connectivity index (χ2n) is 5.40. The van der Waals surface area contributed by atoms with Crippen molar-refractivity contribution in [2.75, 3.05) is 0 Å². The van der Waals surface area contributed by atoms with E-state index in [-0.39, 0.29) is 6.04 Å². The minimum Gasteiger partial charge on any atom is -0.468 e. The molecule has 0 bridgehead atoms. The van der Waals surface area contributed by atoms with E-state index < -0.39 is 0 Å². The fourth-order valence-electron chi connectivity index (χ4n) is 3.02. The van der Waals surface area contributed by atoms with Gasteiger partial charge in [0.25, 0.3) is 0 Å². The van der Waals surface area contributed by atoms with E-state index in [1.54, 1.807) is 6.26 Å². The fraction of sp³-hybridized carbons (Fsp3) is 0.412. The first-order chi connectivity index (χ1) is 9.34. The van der Waals surface area contributed by atoms with Gasteiger partial charge in [0.1, 0.15) is 5.76 Å². The van der Waals surface area contributed by atoms with Crippen LogP contribution in [0.25, 0.3) is 0 Å². The smallest absolute Gasteiger partial charge is 0.120 e. The number of benzene rings is 1. The SMILES string of the molecule is CC(NC1CCCCc2ccccc21)c1ccco1. The predicted octanol–water partition coefficient (Wildman–Crippen LogP) is 4.40. The van der Waals surface area contributed by atoms with Gasteiger partial charge in [0.2, 0.25) is 0 Å². The summed E-state index contributed by atoms with van der Waals surface area (Å²) in [6.45, 7) is 2.17. The van der Waals surface area contributed by atoms with Gasteiger partial charge in [0, 0.05) is 6.04 Å². The molecule has 1 aliphatic carbocycles. The molecular formula is C17H21NO. The summed E-state index contributed by atoms with van der Waals surface area (Å²) in [6, 6.07) is 13.5. The van der Waals surface area contributed by atoms with Gasteiger partial charge in [-0.05, 0) is 49.4 Å². The van der Waals surface area contributed by atoms with Crippen molar-refractivity contribution in [3.63, 3.8) is 0 Å². The van der Waals surface area contributed by atoms with Crippen molar-refractivity contribution in [3.05, 3.63) is 59.5 Å². The topological polar surface area (TPSA) is 25.2 Å². The minimum atomic E-state index is 0.256. The van der Waals surface area contributed by atoms with E-state index in [2.05, 4.69) is 36.5 Å². The molecule has 2 nitrogen and oxygen atoms in total. The molecule has 1 heterocycles. The highest BCUT2D eigenvalue weighted by Gasteiger charge is 2.20. The van der Waals surface area contributed by atoms with Crippen LogP contribution in [0.5, 0.6) is 0 Å². The Hall–Kier alpha value is -1.54. The van der Waals surface area contributed by atoms with Crippen molar-refractivity contribution in [1.82, 2.24) is 5.32 Å². The Bertz CT molecular complexity index is 518. The first-order valence-corrected chi connectivity index (χ1v) is 7.22. The third-order valence-corrected chi connectivity index (χ3v) is 4.04. The van der Waals surface area contributed by atoms with Crippen LogP contribution in [0.15, 0.2) is 47.1 Å². The number of aryl methyl sites for hydroxylation is 1. The van der Waals surface area contributed by atoms with Gasteiger partial charge in [-0.3, -0.25) is 0 Å². The highest BCUT2D eigenvalue weighted by Crippen LogP contribution is 2.30. The highest BCUT2D eigenvalue weighted by atomic mass is 16.3. The molecule has 0 saturated carbocycles. The Morgan fingerprint density at radius 3 is 2.89 bits per heavy atom. The molecule has 0 radical (unpaired) electrons. The Morgan fingerprint density at radius 2 is 2.05 bits per heavy atom. The standard InChI is InChI=1S/C17H21NO/c1-13(17-11-6-12-19-17)18-16-10-5-3-8-14-7-2-4-9-15(14)16/h2,4,6-7,9,11-13,16,18H,3,5,8,10H2,1H3. The highest BCUT2D eigenvalue weighted by molar-refractivity contribution is 5.31. The van der Waals surface area contributed by atoms with Crippen molar-refractivity contribution in [3.8, 4) is 0 Å². The summed E-state index contributed by atoms with van der Waals surface area (Å²) in [5.41, 5.74) is 2.97. The minimum absolute atomic E-state index is 0.256. The Labute approximate surface area is 114 Å². The van der Waals surface area contributed by atoms with Crippen molar-refractivity contribution < 1.29 is 4.42 Å². The molecule has 0 saturated heterocycles. The molecule has 3 rings (SSSR count). The molecule has 100 valence electrons. The second kappa shape index (κ2) is 5.62. The summed E-state index contributed by atoms with van der Waals surface area (Å²) in [5.74, 6) is 1.02. The van der Waals surface area contributed by atoms with E-state index in [1.165, 1.54) is 36.8 Å². The first kappa shape index (κ1) is 12.5. The van der Waals surface area contributed by atoms with E-state index in [0.717, 1.165) is 5.76 Å². The molecule has 0 spiro atoms. The monoisotopic (exact) mass is 255 g/mol. The maximum Gasteiger partial charge on any atom is 0.120 e. The molecule has 2 heteroatoms. The van der Waals surface area contributed by atoms with Gasteiger partial charge in [0.05, 0.1) is 12.3 Å². The van der Waals surface area contributed by atoms with Gasteiger partial charge in [-0.25, -0.2) is 0 Å². The van der Waals surface area contributed by atoms with Crippen LogP contribution in [0.3, 0.4) is 0 Å². The van der Waals surface area contributed by atoms with Gasteiger partial charge in [-0.1, -0.05) is 30.7 Å². The van der Waals surface area contributed by atoms with E-state index in [4.69, 9.17) is 4.42 Å². The summed E-state index contributed by atoms with van der Waals surface area (Å²) in [5, 5.41) is 3.72. The van der Waals surface area contributed by atoms with Crippen LogP contribution >= 0.6 is 0 Å². The summed E-state index contributed by atoms with van der Waals surface area (Å²) < 4.78 is 5.49. The van der Waals surface area contributed by atoms with Gasteiger partial charge in [-0.2, -0.15) is 0 Å². The van der Waals surface area contributed by atoms with Crippen LogP contribution in [-0.2, 0) is 6.42 Å². The number of hydrogen-bond acceptors (Lipinski definition) is 2. The third-order valence-electron chi connectivity index (χ3n) is 4.04. The molecule has 0 fully saturated rings. The summed E-state index contributed by atoms with van der Waals surface area (Å²) >= 11 is 0. The molecular weight excluding hydrogens is 234 g/mol. The van der Waals surface area contributed by atoms with E-state index >= 15 is 0 Å². The molecule has 2 aromatic rings. The van der Waals surface area contributed by atoms with Crippen LogP contribution in [0, 0.1) is 0 Å². The molecule has 1 aromatic heterocycles. The van der Waals surface area contributed by atoms with E-state index in [1.807, 2.05) is 12.1 Å². The zero-order valence-electron chi connectivity index (χ0n) is 11.4. The van der Waals surface area contributed by atoms with Crippen molar-refractivity contribution in [2.24, 2.45) is 0 Å². The van der Waals surface area contributed by atoms with Crippen LogP contribution in [-0.4, -0.2) is 0 Å². The number of fused-ring (bicyclic) bond motifs is 1. The predicted molar refractivity (Wildman–Crippen MR) is 77.0 cm³/mol. The van der Waals surface area contributed by atoms with Gasteiger partial charge in [0.15, 0.2) is 0 Å². The second-order valence-corrected chi connectivity index (χ2v) is 5.40. The number of furan rings is 1. The van der Waals surface area contributed by atoms with Crippen molar-refractivity contribution in [1.29, 1.82) is 0 Å². The lowest BCUT2D eigenvalue weighted by Gasteiger charge is -2.23. The van der Waals surface area contributed by atoms with Gasteiger partial charge < -0.3 is 9.73 Å². The molecule has 1 aromatic carbocycles. The third kappa shape index (κ3) is 2.74. The van der Waals surface area contributed by atoms with Crippen molar-refractivity contribution >= 4 is 0 Å². The summed E-state index contributed by atoms with van der Waals surface area (Å²) in [7, 11) is 0. The molecule has 0 amide bonds. The summed E-state index contributed by atoms with van der Waals surface area (Å²) in [4.78, 5) is 0. The van der Waals surface area contributed by atoms with Gasteiger partial charge >= 0.3 is 0 Å². The fourth-order valence-corrected chi connectivity index (χ4v) is 3.02. The first-order valence-electron chi connectivity index (χ1n) is 7.22. The average Bonchev–Trinajstić information content (AvgIpc) is 2.90.